The number of rotatable bonds is 3. The number of hydrogen-bond donors (Lipinski definition) is 0. The van der Waals surface area contributed by atoms with E-state index in [1.165, 1.54) is 12.1 Å². The molecule has 16 heavy (non-hydrogen) atoms. The Bertz CT molecular complexity index is 351. The van der Waals surface area contributed by atoms with Crippen molar-refractivity contribution in [3.63, 3.8) is 0 Å². The Balaban J connectivity index is 1.88. The quantitative estimate of drug-likeness (QED) is 0.849. The van der Waals surface area contributed by atoms with Gasteiger partial charge in [-0.15, -0.1) is 0 Å². The summed E-state index contributed by atoms with van der Waals surface area (Å²) >= 11 is 3.28. The highest BCUT2D eigenvalue weighted by Crippen LogP contribution is 2.26. The van der Waals surface area contributed by atoms with Crippen molar-refractivity contribution in [2.45, 2.75) is 12.8 Å². The molecule has 1 aliphatic rings. The van der Waals surface area contributed by atoms with Gasteiger partial charge < -0.3 is 9.47 Å². The van der Waals surface area contributed by atoms with E-state index in [4.69, 9.17) is 9.47 Å². The van der Waals surface area contributed by atoms with E-state index in [0.717, 1.165) is 26.1 Å². The van der Waals surface area contributed by atoms with Gasteiger partial charge in [0.05, 0.1) is 11.1 Å². The molecule has 0 amide bonds. The third kappa shape index (κ3) is 3.19. The largest absolute Gasteiger partial charge is 0.492 e. The summed E-state index contributed by atoms with van der Waals surface area (Å²) in [4.78, 5) is 0. The molecule has 0 spiro atoms. The smallest absolute Gasteiger partial charge is 0.133 e. The van der Waals surface area contributed by atoms with Gasteiger partial charge in [-0.25, -0.2) is 4.39 Å². The molecule has 88 valence electrons. The van der Waals surface area contributed by atoms with Crippen LogP contribution < -0.4 is 4.74 Å². The van der Waals surface area contributed by atoms with Gasteiger partial charge >= 0.3 is 0 Å². The van der Waals surface area contributed by atoms with Crippen LogP contribution in [0.25, 0.3) is 0 Å². The van der Waals surface area contributed by atoms with Crippen LogP contribution >= 0.6 is 15.9 Å². The van der Waals surface area contributed by atoms with Crippen LogP contribution in [0.2, 0.25) is 0 Å². The Labute approximate surface area is 103 Å². The zero-order valence-electron chi connectivity index (χ0n) is 8.92. The first-order chi connectivity index (χ1) is 7.75. The van der Waals surface area contributed by atoms with E-state index in [-0.39, 0.29) is 5.82 Å². The molecule has 0 N–H and O–H groups in total. The topological polar surface area (TPSA) is 18.5 Å². The second kappa shape index (κ2) is 5.64. The average molecular weight is 289 g/mol. The van der Waals surface area contributed by atoms with Crippen molar-refractivity contribution < 1.29 is 13.9 Å². The van der Waals surface area contributed by atoms with Crippen LogP contribution in [0, 0.1) is 11.7 Å². The zero-order chi connectivity index (χ0) is 11.4. The Morgan fingerprint density at radius 1 is 1.38 bits per heavy atom. The Kier molecular flexibility index (Phi) is 4.18. The number of ether oxygens (including phenoxy) is 2. The van der Waals surface area contributed by atoms with Crippen LogP contribution in [0.3, 0.4) is 0 Å². The Hall–Kier alpha value is -0.610. The van der Waals surface area contributed by atoms with E-state index in [1.807, 2.05) is 0 Å². The highest BCUT2D eigenvalue weighted by molar-refractivity contribution is 9.10. The summed E-state index contributed by atoms with van der Waals surface area (Å²) in [6.07, 6.45) is 2.08. The van der Waals surface area contributed by atoms with Gasteiger partial charge in [-0.1, -0.05) is 0 Å². The van der Waals surface area contributed by atoms with Crippen LogP contribution in [-0.4, -0.2) is 19.8 Å². The molecule has 1 saturated heterocycles. The van der Waals surface area contributed by atoms with E-state index in [9.17, 15) is 4.39 Å². The Morgan fingerprint density at radius 2 is 2.12 bits per heavy atom. The SMILES string of the molecule is Fc1ccc(OCC2CCOCC2)c(Br)c1. The molecule has 0 unspecified atom stereocenters. The second-order valence-corrected chi connectivity index (χ2v) is 4.80. The van der Waals surface area contributed by atoms with Crippen molar-refractivity contribution in [2.75, 3.05) is 19.8 Å². The van der Waals surface area contributed by atoms with Gasteiger partial charge in [0, 0.05) is 13.2 Å². The summed E-state index contributed by atoms with van der Waals surface area (Å²) in [7, 11) is 0. The standard InChI is InChI=1S/C12H14BrFO2/c13-11-7-10(14)1-2-12(11)16-8-9-3-5-15-6-4-9/h1-2,7,9H,3-6,8H2. The summed E-state index contributed by atoms with van der Waals surface area (Å²) in [5.41, 5.74) is 0. The lowest BCUT2D eigenvalue weighted by atomic mass is 10.0. The molecule has 0 aliphatic carbocycles. The zero-order valence-corrected chi connectivity index (χ0v) is 10.5. The molecule has 2 nitrogen and oxygen atoms in total. The summed E-state index contributed by atoms with van der Waals surface area (Å²) < 4.78 is 24.4. The van der Waals surface area contributed by atoms with Crippen LogP contribution in [0.15, 0.2) is 22.7 Å². The van der Waals surface area contributed by atoms with Gasteiger partial charge in [0.1, 0.15) is 11.6 Å². The van der Waals surface area contributed by atoms with Gasteiger partial charge in [0.15, 0.2) is 0 Å². The predicted octanol–water partition coefficient (Wildman–Crippen LogP) is 3.39. The minimum atomic E-state index is -0.259. The van der Waals surface area contributed by atoms with Crippen LogP contribution in [0.1, 0.15) is 12.8 Å². The third-order valence-corrected chi connectivity index (χ3v) is 3.33. The van der Waals surface area contributed by atoms with Gasteiger partial charge in [-0.05, 0) is 52.9 Å². The maximum atomic E-state index is 12.8. The minimum absolute atomic E-state index is 0.259. The third-order valence-electron chi connectivity index (χ3n) is 2.71. The van der Waals surface area contributed by atoms with E-state index >= 15 is 0 Å². The van der Waals surface area contributed by atoms with E-state index in [0.29, 0.717) is 22.7 Å². The lowest BCUT2D eigenvalue weighted by Crippen LogP contribution is -2.21. The maximum Gasteiger partial charge on any atom is 0.133 e. The highest BCUT2D eigenvalue weighted by atomic mass is 79.9. The highest BCUT2D eigenvalue weighted by Gasteiger charge is 2.15. The van der Waals surface area contributed by atoms with E-state index in [1.54, 1.807) is 6.07 Å². The number of hydrogen-bond acceptors (Lipinski definition) is 2. The Morgan fingerprint density at radius 3 is 2.81 bits per heavy atom. The first-order valence-corrected chi connectivity index (χ1v) is 6.20. The summed E-state index contributed by atoms with van der Waals surface area (Å²) in [6.45, 7) is 2.31. The fourth-order valence-corrected chi connectivity index (χ4v) is 2.18. The van der Waals surface area contributed by atoms with Crippen LogP contribution in [0.4, 0.5) is 4.39 Å². The molecule has 0 bridgehead atoms. The molecule has 2 rings (SSSR count). The minimum Gasteiger partial charge on any atom is -0.492 e. The first-order valence-electron chi connectivity index (χ1n) is 5.41. The van der Waals surface area contributed by atoms with Crippen molar-refractivity contribution in [2.24, 2.45) is 5.92 Å². The summed E-state index contributed by atoms with van der Waals surface area (Å²) in [5, 5.41) is 0. The molecule has 0 radical (unpaired) electrons. The normalized spacial score (nSPS) is 17.4. The van der Waals surface area contributed by atoms with Crippen molar-refractivity contribution in [1.29, 1.82) is 0 Å². The predicted molar refractivity (Wildman–Crippen MR) is 63.1 cm³/mol. The van der Waals surface area contributed by atoms with Crippen LogP contribution in [-0.2, 0) is 4.74 Å². The fourth-order valence-electron chi connectivity index (χ4n) is 1.71. The molecule has 0 saturated carbocycles. The van der Waals surface area contributed by atoms with Crippen molar-refractivity contribution >= 4 is 15.9 Å². The average Bonchev–Trinajstić information content (AvgIpc) is 2.29. The molecule has 1 aliphatic heterocycles. The van der Waals surface area contributed by atoms with Gasteiger partial charge in [0.25, 0.3) is 0 Å². The fraction of sp³-hybridized carbons (Fsp3) is 0.500. The van der Waals surface area contributed by atoms with Crippen molar-refractivity contribution in [3.05, 3.63) is 28.5 Å². The van der Waals surface area contributed by atoms with Crippen molar-refractivity contribution in [3.8, 4) is 5.75 Å². The molecule has 1 aromatic carbocycles. The maximum absolute atomic E-state index is 12.8. The summed E-state index contributed by atoms with van der Waals surface area (Å²) in [6, 6.07) is 4.47. The van der Waals surface area contributed by atoms with E-state index in [2.05, 4.69) is 15.9 Å². The van der Waals surface area contributed by atoms with E-state index < -0.39 is 0 Å². The molecule has 1 fully saturated rings. The number of benzene rings is 1. The molecular formula is C12H14BrFO2. The lowest BCUT2D eigenvalue weighted by molar-refractivity contribution is 0.0496. The van der Waals surface area contributed by atoms with Gasteiger partial charge in [0.2, 0.25) is 0 Å². The van der Waals surface area contributed by atoms with Gasteiger partial charge in [-0.3, -0.25) is 0 Å². The molecule has 4 heteroatoms. The lowest BCUT2D eigenvalue weighted by Gasteiger charge is -2.22. The van der Waals surface area contributed by atoms with Crippen LogP contribution in [0.5, 0.6) is 5.75 Å². The molecule has 0 atom stereocenters. The second-order valence-electron chi connectivity index (χ2n) is 3.94. The molecule has 1 aromatic rings. The monoisotopic (exact) mass is 288 g/mol. The summed E-state index contributed by atoms with van der Waals surface area (Å²) in [5.74, 6) is 0.990. The molecular weight excluding hydrogens is 275 g/mol. The van der Waals surface area contributed by atoms with Crippen molar-refractivity contribution in [1.82, 2.24) is 0 Å². The first kappa shape index (κ1) is 11.9. The molecule has 1 heterocycles. The number of halogens is 2. The van der Waals surface area contributed by atoms with Gasteiger partial charge in [-0.2, -0.15) is 0 Å². The molecule has 0 aromatic heterocycles.